The van der Waals surface area contributed by atoms with E-state index in [1.807, 2.05) is 13.0 Å². The molecule has 0 aromatic heterocycles. The zero-order valence-electron chi connectivity index (χ0n) is 14.9. The first kappa shape index (κ1) is 18.6. The van der Waals surface area contributed by atoms with Crippen molar-refractivity contribution in [1.29, 1.82) is 0 Å². The number of hydrogen-bond donors (Lipinski definition) is 1. The second-order valence-electron chi connectivity index (χ2n) is 6.91. The van der Waals surface area contributed by atoms with Crippen molar-refractivity contribution in [3.05, 3.63) is 59.4 Å². The van der Waals surface area contributed by atoms with Crippen molar-refractivity contribution in [3.8, 4) is 0 Å². The molecule has 2 aromatic carbocycles. The van der Waals surface area contributed by atoms with Crippen molar-refractivity contribution in [3.63, 3.8) is 0 Å². The van der Waals surface area contributed by atoms with Crippen molar-refractivity contribution in [1.82, 2.24) is 0 Å². The minimum atomic E-state index is -3.92. The summed E-state index contributed by atoms with van der Waals surface area (Å²) in [4.78, 5) is 13.2. The molecule has 1 saturated carbocycles. The normalized spacial score (nSPS) is 16.4. The number of hydrogen-bond acceptors (Lipinski definition) is 3. The van der Waals surface area contributed by atoms with Gasteiger partial charge in [-0.3, -0.25) is 4.79 Å². The summed E-state index contributed by atoms with van der Waals surface area (Å²) in [5.74, 6) is -1.24. The number of sulfone groups is 1. The van der Waals surface area contributed by atoms with E-state index in [4.69, 9.17) is 0 Å². The smallest absolute Gasteiger partial charge is 0.246 e. The number of aryl methyl sites for hydroxylation is 2. The van der Waals surface area contributed by atoms with Gasteiger partial charge in [0.2, 0.25) is 5.91 Å². The molecule has 0 saturated heterocycles. The third-order valence-corrected chi connectivity index (χ3v) is 7.74. The molecule has 2 aromatic rings. The molecule has 1 aliphatic rings. The first-order valence-electron chi connectivity index (χ1n) is 8.66. The van der Waals surface area contributed by atoms with Crippen LogP contribution in [-0.4, -0.2) is 19.1 Å². The van der Waals surface area contributed by atoms with Gasteiger partial charge in [0.15, 0.2) is 14.6 Å². The Morgan fingerprint density at radius 1 is 1.08 bits per heavy atom. The van der Waals surface area contributed by atoms with Gasteiger partial charge in [-0.05, 0) is 56.0 Å². The topological polar surface area (TPSA) is 63.2 Å². The molecule has 1 amide bonds. The van der Waals surface area contributed by atoms with Crippen LogP contribution >= 0.6 is 0 Å². The minimum absolute atomic E-state index is 0.0000563. The quantitative estimate of drug-likeness (QED) is 0.872. The van der Waals surface area contributed by atoms with E-state index < -0.39 is 26.3 Å². The molecule has 1 N–H and O–H groups in total. The molecule has 0 atom stereocenters. The van der Waals surface area contributed by atoms with Gasteiger partial charge in [-0.15, -0.1) is 0 Å². The molecule has 0 bridgehead atoms. The number of benzene rings is 2. The number of carbonyl (C=O) groups excluding carboxylic acids is 1. The molecular formula is C20H22FNO3S. The Morgan fingerprint density at radius 2 is 1.73 bits per heavy atom. The van der Waals surface area contributed by atoms with E-state index >= 15 is 0 Å². The average Bonchev–Trinajstić information content (AvgIpc) is 3.10. The van der Waals surface area contributed by atoms with Gasteiger partial charge in [-0.25, -0.2) is 12.8 Å². The minimum Gasteiger partial charge on any atom is -0.322 e. The van der Waals surface area contributed by atoms with Crippen molar-refractivity contribution in [2.75, 3.05) is 5.32 Å². The van der Waals surface area contributed by atoms with Crippen LogP contribution in [0.15, 0.2) is 47.4 Å². The Morgan fingerprint density at radius 3 is 2.38 bits per heavy atom. The Kier molecular flexibility index (Phi) is 4.88. The Balaban J connectivity index is 2.06. The Labute approximate surface area is 153 Å². The summed E-state index contributed by atoms with van der Waals surface area (Å²) in [5.41, 5.74) is 1.43. The summed E-state index contributed by atoms with van der Waals surface area (Å²) >= 11 is 0. The summed E-state index contributed by atoms with van der Waals surface area (Å²) in [6.07, 6.45) is 1.77. The number of amides is 1. The first-order chi connectivity index (χ1) is 12.3. The third-order valence-electron chi connectivity index (χ3n) is 5.09. The fourth-order valence-corrected chi connectivity index (χ4v) is 5.95. The van der Waals surface area contributed by atoms with Gasteiger partial charge in [0.25, 0.3) is 0 Å². The molecule has 0 radical (unpaired) electrons. The SMILES string of the molecule is Cc1ccc(C)c(S(=O)(=O)C2(C(=O)Nc3ccccc3F)CCCC2)c1. The number of rotatable bonds is 4. The van der Waals surface area contributed by atoms with E-state index in [0.717, 1.165) is 5.56 Å². The molecular weight excluding hydrogens is 353 g/mol. The zero-order valence-corrected chi connectivity index (χ0v) is 15.7. The highest BCUT2D eigenvalue weighted by atomic mass is 32.2. The zero-order chi connectivity index (χ0) is 18.9. The van der Waals surface area contributed by atoms with Crippen LogP contribution in [0, 0.1) is 19.7 Å². The lowest BCUT2D eigenvalue weighted by Gasteiger charge is -2.28. The molecule has 4 nitrogen and oxygen atoms in total. The summed E-state index contributed by atoms with van der Waals surface area (Å²) in [5, 5.41) is 2.51. The maximum absolute atomic E-state index is 13.9. The van der Waals surface area contributed by atoms with Crippen molar-refractivity contribution >= 4 is 21.4 Å². The van der Waals surface area contributed by atoms with Crippen LogP contribution in [0.1, 0.15) is 36.8 Å². The van der Waals surface area contributed by atoms with Crippen molar-refractivity contribution in [2.24, 2.45) is 0 Å². The fourth-order valence-electron chi connectivity index (χ4n) is 3.57. The van der Waals surface area contributed by atoms with Crippen LogP contribution in [0.4, 0.5) is 10.1 Å². The van der Waals surface area contributed by atoms with Crippen LogP contribution in [0.5, 0.6) is 0 Å². The highest BCUT2D eigenvalue weighted by Crippen LogP contribution is 2.42. The van der Waals surface area contributed by atoms with Gasteiger partial charge in [0.05, 0.1) is 10.6 Å². The van der Waals surface area contributed by atoms with Crippen LogP contribution in [0.2, 0.25) is 0 Å². The molecule has 26 heavy (non-hydrogen) atoms. The number of halogens is 1. The number of anilines is 1. The van der Waals surface area contributed by atoms with E-state index in [1.54, 1.807) is 25.1 Å². The van der Waals surface area contributed by atoms with Gasteiger partial charge in [-0.2, -0.15) is 0 Å². The lowest BCUT2D eigenvalue weighted by Crippen LogP contribution is -2.47. The van der Waals surface area contributed by atoms with Crippen molar-refractivity contribution < 1.29 is 17.6 Å². The number of carbonyl (C=O) groups is 1. The van der Waals surface area contributed by atoms with Gasteiger partial charge < -0.3 is 5.32 Å². The third kappa shape index (κ3) is 3.03. The largest absolute Gasteiger partial charge is 0.322 e. The molecule has 0 unspecified atom stereocenters. The maximum Gasteiger partial charge on any atom is 0.246 e. The van der Waals surface area contributed by atoms with Gasteiger partial charge in [0, 0.05) is 0 Å². The maximum atomic E-state index is 13.9. The van der Waals surface area contributed by atoms with E-state index in [1.165, 1.54) is 18.2 Å². The Bertz CT molecular complexity index is 947. The predicted octanol–water partition coefficient (Wildman–Crippen LogP) is 4.17. The number of nitrogens with one attached hydrogen (secondary N) is 1. The average molecular weight is 375 g/mol. The lowest BCUT2D eigenvalue weighted by molar-refractivity contribution is -0.118. The summed E-state index contributed by atoms with van der Waals surface area (Å²) < 4.78 is 39.4. The fraction of sp³-hybridized carbons (Fsp3) is 0.350. The van der Waals surface area contributed by atoms with Crippen molar-refractivity contribution in [2.45, 2.75) is 49.2 Å². The monoisotopic (exact) mass is 375 g/mol. The van der Waals surface area contributed by atoms with E-state index in [0.29, 0.717) is 18.4 Å². The lowest BCUT2D eigenvalue weighted by atomic mass is 10.1. The van der Waals surface area contributed by atoms with Crippen LogP contribution in [0.3, 0.4) is 0 Å². The molecule has 3 rings (SSSR count). The van der Waals surface area contributed by atoms with E-state index in [9.17, 15) is 17.6 Å². The highest BCUT2D eigenvalue weighted by Gasteiger charge is 2.53. The second-order valence-corrected chi connectivity index (χ2v) is 9.14. The van der Waals surface area contributed by atoms with Crippen LogP contribution < -0.4 is 5.32 Å². The molecule has 0 aliphatic heterocycles. The van der Waals surface area contributed by atoms with E-state index in [-0.39, 0.29) is 23.4 Å². The van der Waals surface area contributed by atoms with Crippen LogP contribution in [0.25, 0.3) is 0 Å². The summed E-state index contributed by atoms with van der Waals surface area (Å²) in [6.45, 7) is 3.54. The van der Waals surface area contributed by atoms with Gasteiger partial charge in [0.1, 0.15) is 5.82 Å². The first-order valence-corrected chi connectivity index (χ1v) is 10.1. The second kappa shape index (κ2) is 6.83. The van der Waals surface area contributed by atoms with Gasteiger partial charge in [-0.1, -0.05) is 37.1 Å². The van der Waals surface area contributed by atoms with E-state index in [2.05, 4.69) is 5.32 Å². The standard InChI is InChI=1S/C20H22FNO3S/c1-14-9-10-15(2)18(13-14)26(24,25)20(11-5-6-12-20)19(23)22-17-8-4-3-7-16(17)21/h3-4,7-10,13H,5-6,11-12H2,1-2H3,(H,22,23). The molecule has 1 aliphatic carbocycles. The molecule has 0 heterocycles. The molecule has 138 valence electrons. The molecule has 0 spiro atoms. The summed E-state index contributed by atoms with van der Waals surface area (Å²) in [7, 11) is -3.92. The highest BCUT2D eigenvalue weighted by molar-refractivity contribution is 7.93. The number of para-hydroxylation sites is 1. The molecule has 6 heteroatoms. The van der Waals surface area contributed by atoms with Gasteiger partial charge >= 0.3 is 0 Å². The summed E-state index contributed by atoms with van der Waals surface area (Å²) in [6, 6.07) is 11.0. The molecule has 1 fully saturated rings. The predicted molar refractivity (Wildman–Crippen MR) is 99.3 cm³/mol. The van der Waals surface area contributed by atoms with Crippen LogP contribution in [-0.2, 0) is 14.6 Å². The Hall–Kier alpha value is -2.21.